The minimum absolute atomic E-state index is 0.234. The van der Waals surface area contributed by atoms with Crippen molar-refractivity contribution >= 4 is 5.78 Å². The molecule has 0 unspecified atom stereocenters. The molecule has 0 amide bonds. The first-order valence-electron chi connectivity index (χ1n) is 5.99. The fourth-order valence-corrected chi connectivity index (χ4v) is 1.66. The van der Waals surface area contributed by atoms with E-state index in [-0.39, 0.29) is 6.61 Å². The largest absolute Gasteiger partial charge is 0.396 e. The summed E-state index contributed by atoms with van der Waals surface area (Å²) in [5.41, 5.74) is 1.23. The Morgan fingerprint density at radius 2 is 1.75 bits per heavy atom. The second-order valence-corrected chi connectivity index (χ2v) is 4.06. The van der Waals surface area contributed by atoms with Crippen LogP contribution in [0.25, 0.3) is 0 Å². The molecule has 88 valence electrons. The smallest absolute Gasteiger partial charge is 0.133 e. The van der Waals surface area contributed by atoms with Crippen molar-refractivity contribution in [2.45, 2.75) is 38.5 Å². The van der Waals surface area contributed by atoms with Crippen molar-refractivity contribution in [3.8, 4) is 0 Å². The third-order valence-electron chi connectivity index (χ3n) is 2.65. The summed E-state index contributed by atoms with van der Waals surface area (Å²) in [4.78, 5) is 11.5. The summed E-state index contributed by atoms with van der Waals surface area (Å²) >= 11 is 0. The molecule has 0 aliphatic rings. The van der Waals surface area contributed by atoms with Gasteiger partial charge >= 0.3 is 0 Å². The molecule has 1 rings (SSSR count). The lowest BCUT2D eigenvalue weighted by Crippen LogP contribution is -2.00. The minimum atomic E-state index is 0.234. The summed E-state index contributed by atoms with van der Waals surface area (Å²) in [7, 11) is 0. The Morgan fingerprint density at radius 1 is 1.00 bits per heavy atom. The molecule has 2 heteroatoms. The van der Waals surface area contributed by atoms with Crippen LogP contribution in [0.5, 0.6) is 0 Å². The van der Waals surface area contributed by atoms with Gasteiger partial charge in [0.25, 0.3) is 0 Å². The van der Waals surface area contributed by atoms with Gasteiger partial charge in [0.2, 0.25) is 0 Å². The number of unbranched alkanes of at least 4 members (excludes halogenated alkanes) is 2. The number of aliphatic hydroxyl groups is 1. The van der Waals surface area contributed by atoms with E-state index in [0.29, 0.717) is 18.6 Å². The molecule has 2 nitrogen and oxygen atoms in total. The van der Waals surface area contributed by atoms with Crippen LogP contribution in [0.1, 0.15) is 37.7 Å². The van der Waals surface area contributed by atoms with Gasteiger partial charge in [-0.25, -0.2) is 0 Å². The van der Waals surface area contributed by atoms with Gasteiger partial charge in [0.15, 0.2) is 0 Å². The number of hydrogen-bond acceptors (Lipinski definition) is 2. The highest BCUT2D eigenvalue weighted by molar-refractivity contribution is 5.78. The van der Waals surface area contributed by atoms with Gasteiger partial charge in [0, 0.05) is 19.4 Å². The maximum Gasteiger partial charge on any atom is 0.133 e. The van der Waals surface area contributed by atoms with Gasteiger partial charge in [-0.05, 0) is 24.8 Å². The molecule has 1 aromatic rings. The van der Waals surface area contributed by atoms with Crippen molar-refractivity contribution < 1.29 is 9.90 Å². The lowest BCUT2D eigenvalue weighted by atomic mass is 10.0. The normalized spacial score (nSPS) is 10.3. The molecule has 16 heavy (non-hydrogen) atoms. The van der Waals surface area contributed by atoms with Crippen LogP contribution in [0.15, 0.2) is 30.3 Å². The van der Waals surface area contributed by atoms with Crippen molar-refractivity contribution in [3.05, 3.63) is 35.9 Å². The van der Waals surface area contributed by atoms with E-state index < -0.39 is 0 Å². The number of aryl methyl sites for hydroxylation is 1. The molecular formula is C14H20O2. The Kier molecular flexibility index (Phi) is 6.50. The quantitative estimate of drug-likeness (QED) is 0.684. The molecule has 0 spiro atoms. The zero-order chi connectivity index (χ0) is 11.6. The standard InChI is InChI=1S/C14H20O2/c15-12-6-2-5-9-14(16)11-10-13-7-3-1-4-8-13/h1,3-4,7-8,15H,2,5-6,9-12H2. The Labute approximate surface area is 97.3 Å². The van der Waals surface area contributed by atoms with Gasteiger partial charge in [-0.2, -0.15) is 0 Å². The number of hydrogen-bond donors (Lipinski definition) is 1. The zero-order valence-electron chi connectivity index (χ0n) is 9.69. The minimum Gasteiger partial charge on any atom is -0.396 e. The average molecular weight is 220 g/mol. The van der Waals surface area contributed by atoms with E-state index in [9.17, 15) is 4.79 Å². The summed E-state index contributed by atoms with van der Waals surface area (Å²) in [6, 6.07) is 10.1. The van der Waals surface area contributed by atoms with Crippen LogP contribution in [-0.4, -0.2) is 17.5 Å². The van der Waals surface area contributed by atoms with Crippen molar-refractivity contribution in [3.63, 3.8) is 0 Å². The Morgan fingerprint density at radius 3 is 2.44 bits per heavy atom. The highest BCUT2D eigenvalue weighted by atomic mass is 16.2. The van der Waals surface area contributed by atoms with Crippen LogP contribution in [0.4, 0.5) is 0 Å². The van der Waals surface area contributed by atoms with E-state index in [2.05, 4.69) is 12.1 Å². The van der Waals surface area contributed by atoms with Crippen LogP contribution in [-0.2, 0) is 11.2 Å². The van der Waals surface area contributed by atoms with Gasteiger partial charge in [0.1, 0.15) is 5.78 Å². The predicted octanol–water partition coefficient (Wildman–Crippen LogP) is 2.74. The SMILES string of the molecule is O=C(CCCCCO)CCc1ccccc1. The predicted molar refractivity (Wildman–Crippen MR) is 65.3 cm³/mol. The lowest BCUT2D eigenvalue weighted by Gasteiger charge is -2.01. The summed E-state index contributed by atoms with van der Waals surface area (Å²) in [6.07, 6.45) is 4.82. The van der Waals surface area contributed by atoms with E-state index in [1.807, 2.05) is 18.2 Å². The molecule has 0 aliphatic carbocycles. The van der Waals surface area contributed by atoms with E-state index in [4.69, 9.17) is 5.11 Å². The number of Topliss-reactive ketones (excluding diaryl/α,β-unsaturated/α-hetero) is 1. The number of rotatable bonds is 8. The summed E-state index contributed by atoms with van der Waals surface area (Å²) < 4.78 is 0. The molecule has 0 bridgehead atoms. The summed E-state index contributed by atoms with van der Waals surface area (Å²) in [6.45, 7) is 0.234. The first-order chi connectivity index (χ1) is 7.83. The number of carbonyl (C=O) groups is 1. The number of aliphatic hydroxyl groups excluding tert-OH is 1. The molecule has 0 fully saturated rings. The molecule has 1 aromatic carbocycles. The van der Waals surface area contributed by atoms with Crippen molar-refractivity contribution in [1.82, 2.24) is 0 Å². The van der Waals surface area contributed by atoms with Gasteiger partial charge in [0.05, 0.1) is 0 Å². The first-order valence-corrected chi connectivity index (χ1v) is 5.99. The van der Waals surface area contributed by atoms with E-state index >= 15 is 0 Å². The van der Waals surface area contributed by atoms with Crippen molar-refractivity contribution in [2.75, 3.05) is 6.61 Å². The lowest BCUT2D eigenvalue weighted by molar-refractivity contribution is -0.119. The first kappa shape index (κ1) is 12.9. The summed E-state index contributed by atoms with van der Waals surface area (Å²) in [5, 5.41) is 8.60. The molecule has 0 saturated heterocycles. The maximum atomic E-state index is 11.5. The van der Waals surface area contributed by atoms with Gasteiger partial charge < -0.3 is 5.11 Å². The number of carbonyl (C=O) groups excluding carboxylic acids is 1. The van der Waals surface area contributed by atoms with Gasteiger partial charge in [-0.1, -0.05) is 36.8 Å². The summed E-state index contributed by atoms with van der Waals surface area (Å²) in [5.74, 6) is 0.335. The topological polar surface area (TPSA) is 37.3 Å². The van der Waals surface area contributed by atoms with Crippen LogP contribution in [0.2, 0.25) is 0 Å². The van der Waals surface area contributed by atoms with Gasteiger partial charge in [-0.15, -0.1) is 0 Å². The fraction of sp³-hybridized carbons (Fsp3) is 0.500. The molecule has 0 atom stereocenters. The second kappa shape index (κ2) is 8.05. The average Bonchev–Trinajstić information content (AvgIpc) is 2.33. The molecule has 0 aliphatic heterocycles. The van der Waals surface area contributed by atoms with Crippen LogP contribution in [0.3, 0.4) is 0 Å². The zero-order valence-corrected chi connectivity index (χ0v) is 9.69. The van der Waals surface area contributed by atoms with Crippen molar-refractivity contribution in [2.24, 2.45) is 0 Å². The molecule has 0 aromatic heterocycles. The van der Waals surface area contributed by atoms with E-state index in [1.54, 1.807) is 0 Å². The molecular weight excluding hydrogens is 200 g/mol. The highest BCUT2D eigenvalue weighted by Gasteiger charge is 2.02. The highest BCUT2D eigenvalue weighted by Crippen LogP contribution is 2.06. The monoisotopic (exact) mass is 220 g/mol. The van der Waals surface area contributed by atoms with Crippen LogP contribution in [0, 0.1) is 0 Å². The third kappa shape index (κ3) is 5.66. The number of benzene rings is 1. The number of ketones is 1. The maximum absolute atomic E-state index is 11.5. The molecule has 0 radical (unpaired) electrons. The Hall–Kier alpha value is -1.15. The Bertz CT molecular complexity index is 293. The van der Waals surface area contributed by atoms with Crippen LogP contribution >= 0.6 is 0 Å². The molecule has 0 heterocycles. The Balaban J connectivity index is 2.11. The molecule has 0 saturated carbocycles. The fourth-order valence-electron chi connectivity index (χ4n) is 1.66. The van der Waals surface area contributed by atoms with Gasteiger partial charge in [-0.3, -0.25) is 4.79 Å². The van der Waals surface area contributed by atoms with Crippen LogP contribution < -0.4 is 0 Å². The van der Waals surface area contributed by atoms with E-state index in [0.717, 1.165) is 25.7 Å². The molecule has 1 N–H and O–H groups in total. The second-order valence-electron chi connectivity index (χ2n) is 4.06. The third-order valence-corrected chi connectivity index (χ3v) is 2.65. The van der Waals surface area contributed by atoms with E-state index in [1.165, 1.54) is 5.56 Å². The van der Waals surface area contributed by atoms with Crippen molar-refractivity contribution in [1.29, 1.82) is 0 Å².